The van der Waals surface area contributed by atoms with Gasteiger partial charge in [0.15, 0.2) is 0 Å². The van der Waals surface area contributed by atoms with Crippen LogP contribution in [0.3, 0.4) is 0 Å². The number of anilines is 1. The highest BCUT2D eigenvalue weighted by molar-refractivity contribution is 8.00. The number of benzene rings is 1. The van der Waals surface area contributed by atoms with Crippen LogP contribution in [0.2, 0.25) is 0 Å². The van der Waals surface area contributed by atoms with E-state index in [1.165, 1.54) is 42.7 Å². The van der Waals surface area contributed by atoms with Gasteiger partial charge in [-0.05, 0) is 42.7 Å². The maximum atomic E-state index is 3.68. The van der Waals surface area contributed by atoms with E-state index in [0.717, 1.165) is 5.25 Å². The lowest BCUT2D eigenvalue weighted by Gasteiger charge is -2.30. The Balaban J connectivity index is 1.93. The Morgan fingerprint density at radius 3 is 2.71 bits per heavy atom. The molecule has 2 rings (SSSR count). The molecule has 0 aromatic heterocycles. The van der Waals surface area contributed by atoms with E-state index >= 15 is 0 Å². The molecule has 0 amide bonds. The average Bonchev–Trinajstić information content (AvgIpc) is 2.35. The number of nitrogens with one attached hydrogen (secondary N) is 1. The van der Waals surface area contributed by atoms with Crippen LogP contribution in [0.4, 0.5) is 5.69 Å². The van der Waals surface area contributed by atoms with Crippen LogP contribution in [-0.2, 0) is 6.42 Å². The summed E-state index contributed by atoms with van der Waals surface area (Å²) < 4.78 is 0. The molecule has 1 fully saturated rings. The first-order valence-electron chi connectivity index (χ1n) is 6.76. The van der Waals surface area contributed by atoms with Gasteiger partial charge in [0, 0.05) is 17.0 Å². The number of hydrogen-bond donors (Lipinski definition) is 1. The quantitative estimate of drug-likeness (QED) is 0.852. The zero-order valence-corrected chi connectivity index (χ0v) is 11.7. The summed E-state index contributed by atoms with van der Waals surface area (Å²) in [6, 6.07) is 9.62. The minimum Gasteiger partial charge on any atom is -0.381 e. The molecule has 1 saturated heterocycles. The molecule has 1 heterocycles. The molecule has 2 heteroatoms. The van der Waals surface area contributed by atoms with E-state index in [0.29, 0.717) is 6.04 Å². The lowest BCUT2D eigenvalue weighted by molar-refractivity contribution is 0.617. The van der Waals surface area contributed by atoms with Gasteiger partial charge < -0.3 is 5.32 Å². The second-order valence-electron chi connectivity index (χ2n) is 4.92. The Hall–Kier alpha value is -0.630. The van der Waals surface area contributed by atoms with E-state index in [2.05, 4.69) is 55.2 Å². The highest BCUT2D eigenvalue weighted by atomic mass is 32.2. The highest BCUT2D eigenvalue weighted by Gasteiger charge is 2.21. The van der Waals surface area contributed by atoms with Crippen molar-refractivity contribution < 1.29 is 0 Å². The molecule has 0 radical (unpaired) electrons. The normalized spacial score (nSPS) is 24.6. The van der Waals surface area contributed by atoms with Gasteiger partial charge in [-0.3, -0.25) is 0 Å². The van der Waals surface area contributed by atoms with Gasteiger partial charge in [0.2, 0.25) is 0 Å². The van der Waals surface area contributed by atoms with Gasteiger partial charge in [-0.2, -0.15) is 11.8 Å². The minimum atomic E-state index is 0.644. The molecule has 1 aromatic rings. The summed E-state index contributed by atoms with van der Waals surface area (Å²) in [5, 5.41) is 4.41. The second-order valence-corrected chi connectivity index (χ2v) is 6.40. The molecule has 2 unspecified atom stereocenters. The monoisotopic (exact) mass is 249 g/mol. The highest BCUT2D eigenvalue weighted by Crippen LogP contribution is 2.27. The van der Waals surface area contributed by atoms with Gasteiger partial charge in [0.1, 0.15) is 0 Å². The molecule has 17 heavy (non-hydrogen) atoms. The number of aryl methyl sites for hydroxylation is 1. The first-order valence-corrected chi connectivity index (χ1v) is 7.81. The second kappa shape index (κ2) is 6.34. The average molecular weight is 249 g/mol. The molecule has 1 aliphatic heterocycles. The SMILES string of the molecule is CCCc1ccc(NC2CCCSC2C)cc1. The van der Waals surface area contributed by atoms with Crippen molar-refractivity contribution in [2.45, 2.75) is 50.8 Å². The van der Waals surface area contributed by atoms with E-state index in [1.54, 1.807) is 0 Å². The summed E-state index contributed by atoms with van der Waals surface area (Å²) in [7, 11) is 0. The van der Waals surface area contributed by atoms with Gasteiger partial charge in [0.25, 0.3) is 0 Å². The van der Waals surface area contributed by atoms with Crippen LogP contribution in [0.5, 0.6) is 0 Å². The topological polar surface area (TPSA) is 12.0 Å². The summed E-state index contributed by atoms with van der Waals surface area (Å²) in [4.78, 5) is 0. The van der Waals surface area contributed by atoms with Gasteiger partial charge in [0.05, 0.1) is 0 Å². The van der Waals surface area contributed by atoms with Crippen LogP contribution < -0.4 is 5.32 Å². The fourth-order valence-electron chi connectivity index (χ4n) is 2.38. The summed E-state index contributed by atoms with van der Waals surface area (Å²) in [5.41, 5.74) is 2.73. The maximum Gasteiger partial charge on any atom is 0.0377 e. The van der Waals surface area contributed by atoms with Crippen LogP contribution in [0.15, 0.2) is 24.3 Å². The standard InChI is InChI=1S/C15H23NS/c1-3-5-13-7-9-14(10-8-13)16-15-6-4-11-17-12(15)2/h7-10,12,15-16H,3-6,11H2,1-2H3. The molecule has 94 valence electrons. The summed E-state index contributed by atoms with van der Waals surface area (Å²) in [6.45, 7) is 4.57. The predicted octanol–water partition coefficient (Wildman–Crippen LogP) is 4.34. The Morgan fingerprint density at radius 2 is 2.06 bits per heavy atom. The van der Waals surface area contributed by atoms with E-state index in [-0.39, 0.29) is 0 Å². The summed E-state index contributed by atoms with van der Waals surface area (Å²) >= 11 is 2.09. The van der Waals surface area contributed by atoms with Crippen molar-refractivity contribution in [2.24, 2.45) is 0 Å². The molecular formula is C15H23NS. The van der Waals surface area contributed by atoms with Gasteiger partial charge >= 0.3 is 0 Å². The van der Waals surface area contributed by atoms with E-state index in [1.807, 2.05) is 0 Å². The molecule has 0 spiro atoms. The van der Waals surface area contributed by atoms with E-state index < -0.39 is 0 Å². The Labute approximate surface area is 109 Å². The molecule has 0 aliphatic carbocycles. The number of thioether (sulfide) groups is 1. The molecule has 0 bridgehead atoms. The first-order chi connectivity index (χ1) is 8.29. The molecule has 1 N–H and O–H groups in total. The van der Waals surface area contributed by atoms with Crippen molar-refractivity contribution in [1.82, 2.24) is 0 Å². The third-order valence-corrected chi connectivity index (χ3v) is 4.83. The Bertz CT molecular complexity index is 333. The zero-order chi connectivity index (χ0) is 12.1. The summed E-state index contributed by atoms with van der Waals surface area (Å²) in [5.74, 6) is 1.33. The fourth-order valence-corrected chi connectivity index (χ4v) is 3.52. The first kappa shape index (κ1) is 12.8. The van der Waals surface area contributed by atoms with Gasteiger partial charge in [-0.15, -0.1) is 0 Å². The van der Waals surface area contributed by atoms with Crippen molar-refractivity contribution in [3.05, 3.63) is 29.8 Å². The van der Waals surface area contributed by atoms with Gasteiger partial charge in [-0.25, -0.2) is 0 Å². The number of rotatable bonds is 4. The van der Waals surface area contributed by atoms with Crippen molar-refractivity contribution >= 4 is 17.4 Å². The molecule has 1 aliphatic rings. The van der Waals surface area contributed by atoms with E-state index in [4.69, 9.17) is 0 Å². The Kier molecular flexibility index (Phi) is 4.78. The maximum absolute atomic E-state index is 3.68. The van der Waals surface area contributed by atoms with Crippen molar-refractivity contribution in [2.75, 3.05) is 11.1 Å². The molecule has 0 saturated carbocycles. The smallest absolute Gasteiger partial charge is 0.0377 e. The van der Waals surface area contributed by atoms with Gasteiger partial charge in [-0.1, -0.05) is 32.4 Å². The third-order valence-electron chi connectivity index (χ3n) is 3.45. The molecule has 1 nitrogen and oxygen atoms in total. The predicted molar refractivity (Wildman–Crippen MR) is 79.0 cm³/mol. The summed E-state index contributed by atoms with van der Waals surface area (Å²) in [6.07, 6.45) is 5.07. The van der Waals surface area contributed by atoms with Crippen molar-refractivity contribution in [3.63, 3.8) is 0 Å². The number of hydrogen-bond acceptors (Lipinski definition) is 2. The van der Waals surface area contributed by atoms with Crippen molar-refractivity contribution in [3.8, 4) is 0 Å². The molecule has 1 aromatic carbocycles. The molecule has 2 atom stereocenters. The van der Waals surface area contributed by atoms with Crippen molar-refractivity contribution in [1.29, 1.82) is 0 Å². The largest absolute Gasteiger partial charge is 0.381 e. The van der Waals surface area contributed by atoms with Crippen LogP contribution in [0.25, 0.3) is 0 Å². The Morgan fingerprint density at radius 1 is 1.29 bits per heavy atom. The minimum absolute atomic E-state index is 0.644. The van der Waals surface area contributed by atoms with Crippen LogP contribution in [-0.4, -0.2) is 17.0 Å². The lowest BCUT2D eigenvalue weighted by atomic mass is 10.1. The lowest BCUT2D eigenvalue weighted by Crippen LogP contribution is -2.32. The van der Waals surface area contributed by atoms with Crippen LogP contribution >= 0.6 is 11.8 Å². The van der Waals surface area contributed by atoms with Crippen LogP contribution in [0.1, 0.15) is 38.7 Å². The third kappa shape index (κ3) is 3.67. The fraction of sp³-hybridized carbons (Fsp3) is 0.600. The zero-order valence-electron chi connectivity index (χ0n) is 10.9. The molecular weight excluding hydrogens is 226 g/mol. The van der Waals surface area contributed by atoms with Crippen LogP contribution in [0, 0.1) is 0 Å². The van der Waals surface area contributed by atoms with E-state index in [9.17, 15) is 0 Å².